The predicted molar refractivity (Wildman–Crippen MR) is 226 cm³/mol. The minimum Gasteiger partial charge on any atom is -0.423 e. The van der Waals surface area contributed by atoms with Crippen LogP contribution in [0, 0.1) is 0 Å². The van der Waals surface area contributed by atoms with E-state index in [0.717, 1.165) is 33.4 Å². The number of hydrogen-bond acceptors (Lipinski definition) is 8. The van der Waals surface area contributed by atoms with Crippen molar-refractivity contribution in [1.29, 1.82) is 0 Å². The molecular formula is C48H38Cl2N4O4. The Morgan fingerprint density at radius 1 is 0.517 bits per heavy atom. The summed E-state index contributed by atoms with van der Waals surface area (Å²) in [6.07, 6.45) is 0. The van der Waals surface area contributed by atoms with Crippen molar-refractivity contribution < 1.29 is 19.2 Å². The molecule has 10 rings (SSSR count). The predicted octanol–water partition coefficient (Wildman–Crippen LogP) is 10.4. The summed E-state index contributed by atoms with van der Waals surface area (Å²) in [5, 5.41) is 15.9. The lowest BCUT2D eigenvalue weighted by atomic mass is 9.60. The van der Waals surface area contributed by atoms with Gasteiger partial charge in [-0.05, 0) is 53.0 Å². The van der Waals surface area contributed by atoms with Crippen LogP contribution >= 0.6 is 23.2 Å². The molecule has 1 saturated heterocycles. The van der Waals surface area contributed by atoms with E-state index in [1.807, 2.05) is 146 Å². The van der Waals surface area contributed by atoms with Crippen molar-refractivity contribution in [2.45, 2.75) is 41.8 Å². The van der Waals surface area contributed by atoms with Crippen molar-refractivity contribution in [2.24, 2.45) is 15.5 Å². The Kier molecular flexibility index (Phi) is 9.08. The molecular weight excluding hydrogens is 767 g/mol. The third-order valence-corrected chi connectivity index (χ3v) is 12.7. The summed E-state index contributed by atoms with van der Waals surface area (Å²) >= 11 is 14.5. The average molecular weight is 806 g/mol. The molecule has 0 N–H and O–H groups in total. The van der Waals surface area contributed by atoms with E-state index in [0.29, 0.717) is 21.5 Å². The third-order valence-electron chi connectivity index (χ3n) is 12.0. The molecule has 4 heterocycles. The summed E-state index contributed by atoms with van der Waals surface area (Å²) in [6.45, 7) is 2.71. The van der Waals surface area contributed by atoms with Crippen molar-refractivity contribution in [2.75, 3.05) is 13.1 Å². The number of piperidine rings is 1. The molecule has 4 aliphatic rings. The van der Waals surface area contributed by atoms with Crippen LogP contribution in [0.25, 0.3) is 0 Å². The zero-order chi connectivity index (χ0) is 39.3. The number of halogens is 2. The van der Waals surface area contributed by atoms with E-state index in [9.17, 15) is 0 Å². The summed E-state index contributed by atoms with van der Waals surface area (Å²) in [7, 11) is 0. The fourth-order valence-corrected chi connectivity index (χ4v) is 9.76. The van der Waals surface area contributed by atoms with Gasteiger partial charge in [0, 0.05) is 32.8 Å². The van der Waals surface area contributed by atoms with Crippen molar-refractivity contribution in [3.8, 4) is 0 Å². The van der Waals surface area contributed by atoms with E-state index in [-0.39, 0.29) is 25.0 Å². The van der Waals surface area contributed by atoms with Gasteiger partial charge in [-0.3, -0.25) is 4.90 Å². The first-order valence-electron chi connectivity index (χ1n) is 19.4. The van der Waals surface area contributed by atoms with E-state index in [4.69, 9.17) is 57.9 Å². The van der Waals surface area contributed by atoms with Gasteiger partial charge in [0.1, 0.15) is 0 Å². The molecule has 58 heavy (non-hydrogen) atoms. The lowest BCUT2D eigenvalue weighted by Crippen LogP contribution is -2.81. The third kappa shape index (κ3) is 5.57. The number of fused-ring (bicyclic) bond motifs is 2. The summed E-state index contributed by atoms with van der Waals surface area (Å²) in [5.41, 5.74) is 3.39. The Morgan fingerprint density at radius 3 is 1.40 bits per heavy atom. The minimum atomic E-state index is -1.87. The number of hydrogen-bond donors (Lipinski definition) is 0. The lowest BCUT2D eigenvalue weighted by Gasteiger charge is -2.58. The van der Waals surface area contributed by atoms with E-state index < -0.39 is 28.8 Å². The van der Waals surface area contributed by atoms with Crippen LogP contribution in [0.3, 0.4) is 0 Å². The summed E-state index contributed by atoms with van der Waals surface area (Å²) in [6, 6.07) is 55.5. The standard InChI is InChI=1S/C48H38Cl2N4O4/c1-32(33-18-6-2-7-19-33)54-30-46(41(37-26-14-16-28-39(37)49)43(51-56-46)34-20-8-3-9-21-34)48(55-45(53-58-48)36-24-12-5-13-25-36)47(31-54)42(38-27-15-17-29-40(38)50)44(52-57-47)35-22-10-4-11-23-35/h2-29,32,41-42H,30-31H2,1H3/t32-,41-,42+,46-,47+,48?/m1/s1. The molecule has 6 aromatic rings. The van der Waals surface area contributed by atoms with Crippen molar-refractivity contribution in [3.63, 3.8) is 0 Å². The number of oxime groups is 3. The van der Waals surface area contributed by atoms with Gasteiger partial charge < -0.3 is 19.2 Å². The van der Waals surface area contributed by atoms with E-state index in [1.165, 1.54) is 0 Å². The monoisotopic (exact) mass is 804 g/mol. The van der Waals surface area contributed by atoms with Gasteiger partial charge in [0.2, 0.25) is 11.2 Å². The molecule has 0 bridgehead atoms. The second-order valence-electron chi connectivity index (χ2n) is 15.1. The molecule has 8 nitrogen and oxygen atoms in total. The van der Waals surface area contributed by atoms with Crippen LogP contribution in [0.5, 0.6) is 0 Å². The van der Waals surface area contributed by atoms with Gasteiger partial charge in [-0.2, -0.15) is 0 Å². The fraction of sp³-hybridized carbons (Fsp3) is 0.188. The van der Waals surface area contributed by atoms with Gasteiger partial charge >= 0.3 is 5.79 Å². The van der Waals surface area contributed by atoms with Crippen LogP contribution in [0.4, 0.5) is 0 Å². The van der Waals surface area contributed by atoms with Crippen molar-refractivity contribution in [3.05, 3.63) is 213 Å². The molecule has 0 aliphatic carbocycles. The van der Waals surface area contributed by atoms with E-state index in [2.05, 4.69) is 36.1 Å². The van der Waals surface area contributed by atoms with Crippen LogP contribution in [0.2, 0.25) is 10.0 Å². The zero-order valence-electron chi connectivity index (χ0n) is 31.5. The summed E-state index contributed by atoms with van der Waals surface area (Å²) in [4.78, 5) is 23.7. The summed E-state index contributed by atoms with van der Waals surface area (Å²) < 4.78 is 7.46. The van der Waals surface area contributed by atoms with Crippen LogP contribution in [0.15, 0.2) is 185 Å². The molecule has 0 aromatic heterocycles. The molecule has 10 heteroatoms. The Hall–Kier alpha value is -5.93. The number of nitrogens with zero attached hydrogens (tertiary/aromatic N) is 4. The van der Waals surface area contributed by atoms with E-state index in [1.54, 1.807) is 0 Å². The molecule has 0 amide bonds. The highest BCUT2D eigenvalue weighted by Gasteiger charge is 2.86. The second kappa shape index (κ2) is 14.5. The highest BCUT2D eigenvalue weighted by molar-refractivity contribution is 6.32. The maximum atomic E-state index is 7.46. The Morgan fingerprint density at radius 2 is 0.931 bits per heavy atom. The topological polar surface area (TPSA) is 77.2 Å². The van der Waals surface area contributed by atoms with Gasteiger partial charge in [-0.15, -0.1) is 0 Å². The number of rotatable bonds is 7. The van der Waals surface area contributed by atoms with Gasteiger partial charge in [0.05, 0.1) is 36.3 Å². The number of ether oxygens (including phenoxy) is 1. The highest BCUT2D eigenvalue weighted by Crippen LogP contribution is 2.64. The maximum Gasteiger partial charge on any atom is 0.366 e. The Bertz CT molecular complexity index is 2430. The van der Waals surface area contributed by atoms with Crippen LogP contribution in [-0.4, -0.2) is 52.3 Å². The van der Waals surface area contributed by atoms with Crippen LogP contribution < -0.4 is 0 Å². The first kappa shape index (κ1) is 36.4. The number of likely N-dealkylation sites (tertiary alicyclic amines) is 1. The Balaban J connectivity index is 1.28. The molecule has 1 unspecified atom stereocenters. The molecule has 6 atom stereocenters. The highest BCUT2D eigenvalue weighted by atomic mass is 35.5. The first-order chi connectivity index (χ1) is 28.4. The maximum absolute atomic E-state index is 7.46. The van der Waals surface area contributed by atoms with Gasteiger partial charge in [0.25, 0.3) is 5.90 Å². The van der Waals surface area contributed by atoms with Crippen molar-refractivity contribution >= 4 is 40.5 Å². The van der Waals surface area contributed by atoms with Gasteiger partial charge in [0.15, 0.2) is 0 Å². The van der Waals surface area contributed by atoms with Gasteiger partial charge in [-0.1, -0.05) is 179 Å². The smallest absolute Gasteiger partial charge is 0.366 e. The Labute approximate surface area is 346 Å². The largest absolute Gasteiger partial charge is 0.423 e. The SMILES string of the molecule is C[C@H](c1ccccc1)N1C[C@@]2(ON=C(c3ccccc3)[C@@H]2c2ccccc2Cl)C2(ON=C(c3ccccc3)O2)[C@]2(C1)ON=C(c1ccccc1)[C@H]2c1ccccc1Cl. The molecule has 0 saturated carbocycles. The summed E-state index contributed by atoms with van der Waals surface area (Å²) in [5.74, 6) is -2.94. The molecule has 288 valence electrons. The molecule has 1 fully saturated rings. The van der Waals surface area contributed by atoms with Crippen LogP contribution in [-0.2, 0) is 19.2 Å². The van der Waals surface area contributed by atoms with Crippen molar-refractivity contribution in [1.82, 2.24) is 4.90 Å². The molecule has 4 aliphatic heterocycles. The molecule has 3 spiro atoms. The normalized spacial score (nSPS) is 26.6. The lowest BCUT2D eigenvalue weighted by molar-refractivity contribution is -0.383. The average Bonchev–Trinajstić information content (AvgIpc) is 4.00. The van der Waals surface area contributed by atoms with Crippen LogP contribution in [0.1, 0.15) is 58.2 Å². The number of benzene rings is 6. The van der Waals surface area contributed by atoms with Gasteiger partial charge in [-0.25, -0.2) is 0 Å². The van der Waals surface area contributed by atoms with E-state index >= 15 is 0 Å². The molecule has 6 aromatic carbocycles. The zero-order valence-corrected chi connectivity index (χ0v) is 33.0. The quantitative estimate of drug-likeness (QED) is 0.161. The molecule has 0 radical (unpaired) electrons. The second-order valence-corrected chi connectivity index (χ2v) is 15.9. The fourth-order valence-electron chi connectivity index (χ4n) is 9.27. The first-order valence-corrected chi connectivity index (χ1v) is 20.1. The minimum absolute atomic E-state index is 0.157.